The van der Waals surface area contributed by atoms with Gasteiger partial charge in [-0.25, -0.2) is 0 Å². The SMILES string of the molecule is CN1CCN(C(=O)CN(C)C(=O)c2cn(C(F)(F)CO)nn2)CC1. The summed E-state index contributed by atoms with van der Waals surface area (Å²) in [6.45, 7) is 1.04. The van der Waals surface area contributed by atoms with Crippen LogP contribution in [0.5, 0.6) is 0 Å². The summed E-state index contributed by atoms with van der Waals surface area (Å²) in [5, 5.41) is 15.1. The summed E-state index contributed by atoms with van der Waals surface area (Å²) in [7, 11) is 3.35. The maximum Gasteiger partial charge on any atom is 0.367 e. The third-order valence-electron chi connectivity index (χ3n) is 3.81. The van der Waals surface area contributed by atoms with E-state index < -0.39 is 18.6 Å². The Balaban J connectivity index is 1.96. The van der Waals surface area contributed by atoms with Crippen LogP contribution in [0, 0.1) is 0 Å². The van der Waals surface area contributed by atoms with Gasteiger partial charge < -0.3 is 19.8 Å². The highest BCUT2D eigenvalue weighted by Gasteiger charge is 2.33. The second kappa shape index (κ2) is 7.18. The lowest BCUT2D eigenvalue weighted by molar-refractivity contribution is -0.133. The lowest BCUT2D eigenvalue weighted by atomic mass is 10.3. The molecule has 2 heterocycles. The first-order valence-electron chi connectivity index (χ1n) is 7.38. The lowest BCUT2D eigenvalue weighted by Crippen LogP contribution is -2.50. The summed E-state index contributed by atoms with van der Waals surface area (Å²) in [4.78, 5) is 29.2. The normalized spacial score (nSPS) is 16.3. The molecule has 1 N–H and O–H groups in total. The van der Waals surface area contributed by atoms with Gasteiger partial charge in [0.1, 0.15) is 6.61 Å². The molecule has 9 nitrogen and oxygen atoms in total. The van der Waals surface area contributed by atoms with Crippen LogP contribution in [-0.4, -0.2) is 100 Å². The Bertz CT molecular complexity index is 600. The predicted molar refractivity (Wildman–Crippen MR) is 78.3 cm³/mol. The maximum absolute atomic E-state index is 13.3. The standard InChI is InChI=1S/C13H20F2N6O3/c1-18-3-5-20(6-4-18)11(23)8-19(2)12(24)10-7-21(17-16-10)13(14,15)9-22/h7,22H,3-6,8-9H2,1-2H3. The number of hydrogen-bond acceptors (Lipinski definition) is 6. The number of aromatic nitrogens is 3. The predicted octanol–water partition coefficient (Wildman–Crippen LogP) is -1.33. The summed E-state index contributed by atoms with van der Waals surface area (Å²) < 4.78 is 26.7. The van der Waals surface area contributed by atoms with Gasteiger partial charge >= 0.3 is 6.05 Å². The molecule has 0 spiro atoms. The molecule has 0 bridgehead atoms. The van der Waals surface area contributed by atoms with Crippen molar-refractivity contribution >= 4 is 11.8 Å². The van der Waals surface area contributed by atoms with E-state index in [0.29, 0.717) is 13.1 Å². The number of aliphatic hydroxyl groups excluding tert-OH is 1. The van der Waals surface area contributed by atoms with Crippen molar-refractivity contribution in [3.8, 4) is 0 Å². The van der Waals surface area contributed by atoms with Crippen molar-refractivity contribution in [3.05, 3.63) is 11.9 Å². The van der Waals surface area contributed by atoms with Crippen molar-refractivity contribution in [1.82, 2.24) is 29.7 Å². The van der Waals surface area contributed by atoms with E-state index in [9.17, 15) is 18.4 Å². The Kier molecular flexibility index (Phi) is 5.44. The quantitative estimate of drug-likeness (QED) is 0.710. The molecular weight excluding hydrogens is 326 g/mol. The van der Waals surface area contributed by atoms with E-state index in [1.54, 1.807) is 4.90 Å². The first-order valence-corrected chi connectivity index (χ1v) is 7.38. The molecule has 1 aromatic rings. The molecule has 0 atom stereocenters. The van der Waals surface area contributed by atoms with Crippen molar-refractivity contribution in [2.45, 2.75) is 6.05 Å². The van der Waals surface area contributed by atoms with Crippen molar-refractivity contribution in [1.29, 1.82) is 0 Å². The third kappa shape index (κ3) is 4.03. The van der Waals surface area contributed by atoms with Gasteiger partial charge in [-0.3, -0.25) is 9.59 Å². The molecule has 134 valence electrons. The van der Waals surface area contributed by atoms with Crippen LogP contribution in [0.3, 0.4) is 0 Å². The summed E-state index contributed by atoms with van der Waals surface area (Å²) in [6.07, 6.45) is 0.745. The van der Waals surface area contributed by atoms with Gasteiger partial charge in [-0.05, 0) is 7.05 Å². The van der Waals surface area contributed by atoms with Crippen LogP contribution < -0.4 is 0 Å². The molecule has 0 aromatic carbocycles. The highest BCUT2D eigenvalue weighted by atomic mass is 19.3. The van der Waals surface area contributed by atoms with E-state index in [2.05, 4.69) is 15.2 Å². The number of carbonyl (C=O) groups is 2. The van der Waals surface area contributed by atoms with E-state index in [0.717, 1.165) is 24.2 Å². The van der Waals surface area contributed by atoms with Gasteiger partial charge in [-0.1, -0.05) is 5.21 Å². The largest absolute Gasteiger partial charge is 0.388 e. The summed E-state index contributed by atoms with van der Waals surface area (Å²) in [5.41, 5.74) is -0.322. The fourth-order valence-corrected chi connectivity index (χ4v) is 2.22. The number of piperazine rings is 1. The van der Waals surface area contributed by atoms with Crippen LogP contribution in [0.1, 0.15) is 10.5 Å². The van der Waals surface area contributed by atoms with E-state index in [-0.39, 0.29) is 22.8 Å². The number of halogens is 2. The number of hydrogen-bond donors (Lipinski definition) is 1. The molecule has 2 rings (SSSR count). The molecule has 2 amide bonds. The zero-order chi connectivity index (χ0) is 17.9. The molecule has 0 unspecified atom stereocenters. The van der Waals surface area contributed by atoms with E-state index in [1.807, 2.05) is 7.05 Å². The first-order chi connectivity index (χ1) is 11.2. The lowest BCUT2D eigenvalue weighted by Gasteiger charge is -2.33. The van der Waals surface area contributed by atoms with Gasteiger partial charge in [0, 0.05) is 33.2 Å². The fourth-order valence-electron chi connectivity index (χ4n) is 2.22. The van der Waals surface area contributed by atoms with Crippen molar-refractivity contribution < 1.29 is 23.5 Å². The van der Waals surface area contributed by atoms with Crippen LogP contribution in [0.25, 0.3) is 0 Å². The molecule has 1 fully saturated rings. The van der Waals surface area contributed by atoms with Gasteiger partial charge in [0.2, 0.25) is 5.91 Å². The minimum atomic E-state index is -3.64. The number of aliphatic hydroxyl groups is 1. The Morgan fingerprint density at radius 1 is 1.33 bits per heavy atom. The van der Waals surface area contributed by atoms with Gasteiger partial charge in [-0.15, -0.1) is 5.10 Å². The van der Waals surface area contributed by atoms with Gasteiger partial charge in [0.15, 0.2) is 5.69 Å². The number of carbonyl (C=O) groups excluding carboxylic acids is 2. The third-order valence-corrected chi connectivity index (χ3v) is 3.81. The molecular formula is C13H20F2N6O3. The van der Waals surface area contributed by atoms with E-state index >= 15 is 0 Å². The molecule has 1 saturated heterocycles. The smallest absolute Gasteiger partial charge is 0.367 e. The van der Waals surface area contributed by atoms with Gasteiger partial charge in [-0.2, -0.15) is 13.5 Å². The first kappa shape index (κ1) is 18.2. The number of alkyl halides is 2. The monoisotopic (exact) mass is 346 g/mol. The van der Waals surface area contributed by atoms with Crippen LogP contribution in [0.2, 0.25) is 0 Å². The second-order valence-electron chi connectivity index (χ2n) is 5.72. The minimum Gasteiger partial charge on any atom is -0.388 e. The molecule has 0 saturated carbocycles. The molecule has 1 aromatic heterocycles. The molecule has 0 radical (unpaired) electrons. The maximum atomic E-state index is 13.3. The Labute approximate surface area is 137 Å². The van der Waals surface area contributed by atoms with Crippen LogP contribution in [0.15, 0.2) is 6.20 Å². The van der Waals surface area contributed by atoms with Crippen molar-refractivity contribution in [2.24, 2.45) is 0 Å². The average molecular weight is 346 g/mol. The number of amides is 2. The minimum absolute atomic E-state index is 0.121. The Morgan fingerprint density at radius 3 is 2.54 bits per heavy atom. The zero-order valence-corrected chi connectivity index (χ0v) is 13.5. The molecule has 11 heteroatoms. The summed E-state index contributed by atoms with van der Waals surface area (Å²) in [5.74, 6) is -0.913. The van der Waals surface area contributed by atoms with Crippen LogP contribution in [0.4, 0.5) is 8.78 Å². The molecule has 24 heavy (non-hydrogen) atoms. The van der Waals surface area contributed by atoms with Crippen molar-refractivity contribution in [3.63, 3.8) is 0 Å². The highest BCUT2D eigenvalue weighted by Crippen LogP contribution is 2.18. The molecule has 1 aliphatic heterocycles. The van der Waals surface area contributed by atoms with E-state index in [1.165, 1.54) is 7.05 Å². The van der Waals surface area contributed by atoms with Crippen molar-refractivity contribution in [2.75, 3.05) is 53.4 Å². The Morgan fingerprint density at radius 2 is 1.96 bits per heavy atom. The topological polar surface area (TPSA) is 94.8 Å². The molecule has 0 aliphatic carbocycles. The van der Waals surface area contributed by atoms with Crippen LogP contribution in [-0.2, 0) is 10.8 Å². The average Bonchev–Trinajstić information content (AvgIpc) is 3.05. The van der Waals surface area contributed by atoms with Gasteiger partial charge in [0.25, 0.3) is 5.91 Å². The summed E-state index contributed by atoms with van der Waals surface area (Å²) in [6, 6.07) is -3.64. The van der Waals surface area contributed by atoms with Crippen LogP contribution >= 0.6 is 0 Å². The molecule has 1 aliphatic rings. The number of likely N-dealkylation sites (N-methyl/N-ethyl adjacent to an activating group) is 2. The Hall–Kier alpha value is -2.14. The zero-order valence-electron chi connectivity index (χ0n) is 13.5. The second-order valence-corrected chi connectivity index (χ2v) is 5.72. The number of nitrogens with zero attached hydrogens (tertiary/aromatic N) is 6. The fraction of sp³-hybridized carbons (Fsp3) is 0.692. The number of rotatable bonds is 5. The highest BCUT2D eigenvalue weighted by molar-refractivity contribution is 5.94. The summed E-state index contributed by atoms with van der Waals surface area (Å²) >= 11 is 0. The van der Waals surface area contributed by atoms with E-state index in [4.69, 9.17) is 5.11 Å². The van der Waals surface area contributed by atoms with Gasteiger partial charge in [0.05, 0.1) is 12.7 Å².